The van der Waals surface area contributed by atoms with Crippen LogP contribution in [0.25, 0.3) is 0 Å². The van der Waals surface area contributed by atoms with E-state index in [4.69, 9.17) is 0 Å². The molecule has 0 aliphatic rings. The molecule has 4 heteroatoms. The summed E-state index contributed by atoms with van der Waals surface area (Å²) in [6.45, 7) is 3.03. The zero-order chi connectivity index (χ0) is 13.5. The molecule has 1 N–H and O–H groups in total. The topological polar surface area (TPSA) is 37.8 Å². The third-order valence-corrected chi connectivity index (χ3v) is 2.95. The minimum absolute atomic E-state index is 0.114. The van der Waals surface area contributed by atoms with E-state index in [0.29, 0.717) is 0 Å². The van der Waals surface area contributed by atoms with Crippen molar-refractivity contribution in [3.63, 3.8) is 0 Å². The van der Waals surface area contributed by atoms with Gasteiger partial charge in [-0.3, -0.25) is 0 Å². The molecule has 0 aliphatic carbocycles. The number of benzene rings is 1. The number of nitrogens with zero attached hydrogens (tertiary/aromatic N) is 2. The Balaban J connectivity index is 2.14. The van der Waals surface area contributed by atoms with Gasteiger partial charge in [0.15, 0.2) is 0 Å². The molecule has 0 saturated carbocycles. The van der Waals surface area contributed by atoms with E-state index in [1.165, 1.54) is 12.4 Å². The van der Waals surface area contributed by atoms with E-state index in [-0.39, 0.29) is 11.9 Å². The van der Waals surface area contributed by atoms with Crippen LogP contribution in [0.15, 0.2) is 43.0 Å². The number of halogens is 1. The third kappa shape index (κ3) is 4.10. The zero-order valence-corrected chi connectivity index (χ0v) is 11.0. The second-order valence-electron chi connectivity index (χ2n) is 4.51. The van der Waals surface area contributed by atoms with Crippen molar-refractivity contribution in [3.05, 3.63) is 59.9 Å². The number of aromatic nitrogens is 2. The lowest BCUT2D eigenvalue weighted by Gasteiger charge is -2.18. The minimum atomic E-state index is -0.198. The Labute approximate surface area is 112 Å². The van der Waals surface area contributed by atoms with Crippen LogP contribution in [0.5, 0.6) is 0 Å². The highest BCUT2D eigenvalue weighted by atomic mass is 19.1. The maximum absolute atomic E-state index is 13.2. The second-order valence-corrected chi connectivity index (χ2v) is 4.51. The first kappa shape index (κ1) is 13.6. The molecule has 0 aliphatic heterocycles. The Kier molecular flexibility index (Phi) is 4.98. The maximum Gasteiger partial charge on any atom is 0.123 e. The fraction of sp³-hybridized carbons (Fsp3) is 0.333. The minimum Gasteiger partial charge on any atom is -0.310 e. The molecule has 1 aromatic heterocycles. The smallest absolute Gasteiger partial charge is 0.123 e. The summed E-state index contributed by atoms with van der Waals surface area (Å²) in [6.07, 6.45) is 6.90. The Bertz CT molecular complexity index is 502. The van der Waals surface area contributed by atoms with Crippen LogP contribution < -0.4 is 5.32 Å². The second kappa shape index (κ2) is 6.95. The van der Waals surface area contributed by atoms with E-state index in [1.54, 1.807) is 24.5 Å². The van der Waals surface area contributed by atoms with Crippen LogP contribution in [-0.4, -0.2) is 16.5 Å². The van der Waals surface area contributed by atoms with Crippen molar-refractivity contribution in [2.75, 3.05) is 6.54 Å². The summed E-state index contributed by atoms with van der Waals surface area (Å²) in [7, 11) is 0. The van der Waals surface area contributed by atoms with E-state index < -0.39 is 0 Å². The Morgan fingerprint density at radius 3 is 2.74 bits per heavy atom. The van der Waals surface area contributed by atoms with E-state index in [2.05, 4.69) is 22.2 Å². The van der Waals surface area contributed by atoms with Gasteiger partial charge in [0.25, 0.3) is 0 Å². The van der Waals surface area contributed by atoms with Gasteiger partial charge in [-0.05, 0) is 37.1 Å². The molecular formula is C15H18FN3. The van der Waals surface area contributed by atoms with Crippen molar-refractivity contribution in [2.45, 2.75) is 25.8 Å². The highest BCUT2D eigenvalue weighted by Crippen LogP contribution is 2.17. The van der Waals surface area contributed by atoms with Crippen LogP contribution in [0.3, 0.4) is 0 Å². The molecule has 3 nitrogen and oxygen atoms in total. The zero-order valence-electron chi connectivity index (χ0n) is 11.0. The fourth-order valence-corrected chi connectivity index (χ4v) is 2.02. The Morgan fingerprint density at radius 2 is 2.05 bits per heavy atom. The van der Waals surface area contributed by atoms with Crippen LogP contribution in [0.1, 0.15) is 30.5 Å². The maximum atomic E-state index is 13.2. The van der Waals surface area contributed by atoms with Gasteiger partial charge in [0.1, 0.15) is 12.1 Å². The number of hydrogen-bond donors (Lipinski definition) is 1. The van der Waals surface area contributed by atoms with Crippen molar-refractivity contribution >= 4 is 0 Å². The molecule has 19 heavy (non-hydrogen) atoms. The lowest BCUT2D eigenvalue weighted by Crippen LogP contribution is -2.24. The van der Waals surface area contributed by atoms with Crippen molar-refractivity contribution < 1.29 is 4.39 Å². The lowest BCUT2D eigenvalue weighted by atomic mass is 10.0. The molecule has 0 fully saturated rings. The Hall–Kier alpha value is -1.81. The first-order valence-electron chi connectivity index (χ1n) is 6.52. The van der Waals surface area contributed by atoms with Crippen LogP contribution in [0.2, 0.25) is 0 Å². The van der Waals surface area contributed by atoms with Crippen molar-refractivity contribution in [1.82, 2.24) is 15.3 Å². The van der Waals surface area contributed by atoms with Crippen molar-refractivity contribution in [1.29, 1.82) is 0 Å². The fourth-order valence-electron chi connectivity index (χ4n) is 2.02. The molecule has 0 bridgehead atoms. The van der Waals surface area contributed by atoms with Crippen molar-refractivity contribution in [3.8, 4) is 0 Å². The van der Waals surface area contributed by atoms with Gasteiger partial charge in [-0.25, -0.2) is 14.4 Å². The van der Waals surface area contributed by atoms with E-state index >= 15 is 0 Å². The number of nitrogens with one attached hydrogen (secondary N) is 1. The molecule has 100 valence electrons. The van der Waals surface area contributed by atoms with E-state index in [0.717, 1.165) is 30.5 Å². The summed E-state index contributed by atoms with van der Waals surface area (Å²) in [4.78, 5) is 8.10. The average Bonchev–Trinajstić information content (AvgIpc) is 2.44. The van der Waals surface area contributed by atoms with E-state index in [9.17, 15) is 4.39 Å². The molecule has 2 rings (SSSR count). The molecule has 0 spiro atoms. The molecule has 1 heterocycles. The molecule has 0 saturated heterocycles. The highest BCUT2D eigenvalue weighted by molar-refractivity contribution is 5.21. The molecule has 1 aromatic carbocycles. The largest absolute Gasteiger partial charge is 0.310 e. The molecule has 0 radical (unpaired) electrons. The SMILES string of the molecule is CCCNC(Cc1cccc(F)c1)c1cncnc1. The van der Waals surface area contributed by atoms with Gasteiger partial charge in [0.2, 0.25) is 0 Å². The van der Waals surface area contributed by atoms with Crippen LogP contribution >= 0.6 is 0 Å². The molecule has 2 aromatic rings. The lowest BCUT2D eigenvalue weighted by molar-refractivity contribution is 0.524. The molecule has 1 unspecified atom stereocenters. The first-order valence-corrected chi connectivity index (χ1v) is 6.52. The van der Waals surface area contributed by atoms with Gasteiger partial charge in [-0.15, -0.1) is 0 Å². The van der Waals surface area contributed by atoms with Crippen LogP contribution in [-0.2, 0) is 6.42 Å². The van der Waals surface area contributed by atoms with Gasteiger partial charge in [0, 0.05) is 24.0 Å². The quantitative estimate of drug-likeness (QED) is 0.866. The highest BCUT2D eigenvalue weighted by Gasteiger charge is 2.12. The summed E-state index contributed by atoms with van der Waals surface area (Å²) in [6, 6.07) is 6.83. The molecule has 0 amide bonds. The van der Waals surface area contributed by atoms with Gasteiger partial charge in [-0.1, -0.05) is 19.1 Å². The van der Waals surface area contributed by atoms with Crippen LogP contribution in [0, 0.1) is 5.82 Å². The number of rotatable bonds is 6. The summed E-state index contributed by atoms with van der Waals surface area (Å²) in [5.74, 6) is -0.198. The number of hydrogen-bond acceptors (Lipinski definition) is 3. The first-order chi connectivity index (χ1) is 9.29. The summed E-state index contributed by atoms with van der Waals surface area (Å²) < 4.78 is 13.2. The average molecular weight is 259 g/mol. The van der Waals surface area contributed by atoms with Gasteiger partial charge in [-0.2, -0.15) is 0 Å². The molecule has 1 atom stereocenters. The monoisotopic (exact) mass is 259 g/mol. The standard InChI is InChI=1S/C15H18FN3/c1-2-6-19-15(13-9-17-11-18-10-13)8-12-4-3-5-14(16)7-12/h3-5,7,9-11,15,19H,2,6,8H2,1H3. The summed E-state index contributed by atoms with van der Waals surface area (Å²) >= 11 is 0. The van der Waals surface area contributed by atoms with E-state index in [1.807, 2.05) is 6.07 Å². The predicted octanol–water partition coefficient (Wildman–Crippen LogP) is 2.90. The normalized spacial score (nSPS) is 12.3. The van der Waals surface area contributed by atoms with Crippen molar-refractivity contribution in [2.24, 2.45) is 0 Å². The van der Waals surface area contributed by atoms with Gasteiger partial charge >= 0.3 is 0 Å². The van der Waals surface area contributed by atoms with Crippen LogP contribution in [0.4, 0.5) is 4.39 Å². The third-order valence-electron chi connectivity index (χ3n) is 2.95. The predicted molar refractivity (Wildman–Crippen MR) is 73.2 cm³/mol. The summed E-state index contributed by atoms with van der Waals surface area (Å²) in [5, 5.41) is 3.45. The van der Waals surface area contributed by atoms with Gasteiger partial charge < -0.3 is 5.32 Å². The summed E-state index contributed by atoms with van der Waals surface area (Å²) in [5.41, 5.74) is 2.00. The Morgan fingerprint density at radius 1 is 1.26 bits per heavy atom. The molecular weight excluding hydrogens is 241 g/mol. The van der Waals surface area contributed by atoms with Gasteiger partial charge in [0.05, 0.1) is 0 Å².